The number of hydrogen-bond donors (Lipinski definition) is 1. The first-order valence-electron chi connectivity index (χ1n) is 5.88. The van der Waals surface area contributed by atoms with E-state index in [0.29, 0.717) is 12.5 Å². The van der Waals surface area contributed by atoms with Crippen molar-refractivity contribution in [3.63, 3.8) is 0 Å². The van der Waals surface area contributed by atoms with Crippen LogP contribution in [0.1, 0.15) is 23.2 Å². The van der Waals surface area contributed by atoms with Crippen LogP contribution in [0.5, 0.6) is 5.88 Å². The predicted molar refractivity (Wildman–Crippen MR) is 72.0 cm³/mol. The minimum absolute atomic E-state index is 0.606. The second kappa shape index (κ2) is 6.30. The maximum absolute atomic E-state index is 5.45. The summed E-state index contributed by atoms with van der Waals surface area (Å²) >= 11 is 1.68. The zero-order chi connectivity index (χ0) is 12.8. The van der Waals surface area contributed by atoms with Gasteiger partial charge in [-0.1, -0.05) is 6.92 Å². The molecule has 0 amide bonds. The van der Waals surface area contributed by atoms with E-state index in [9.17, 15) is 0 Å². The molecule has 0 bridgehead atoms. The molecule has 18 heavy (non-hydrogen) atoms. The number of thiazole rings is 1. The summed E-state index contributed by atoms with van der Waals surface area (Å²) in [6, 6.07) is 1.81. The summed E-state index contributed by atoms with van der Waals surface area (Å²) in [7, 11) is 0. The predicted octanol–water partition coefficient (Wildman–Crippen LogP) is 2.64. The molecule has 0 spiro atoms. The standard InChI is InChI=1S/C12H16N4OS/c1-3-4-17-12-5-11(15-8-16-12)14-7-10-6-13-9(2)18-10/h5-6,8H,3-4,7H2,1-2H3,(H,14,15,16). The van der Waals surface area contributed by atoms with Crippen molar-refractivity contribution in [1.82, 2.24) is 15.0 Å². The van der Waals surface area contributed by atoms with Crippen molar-refractivity contribution >= 4 is 17.2 Å². The molecule has 0 fully saturated rings. The van der Waals surface area contributed by atoms with Gasteiger partial charge in [0.2, 0.25) is 5.88 Å². The molecule has 0 radical (unpaired) electrons. The van der Waals surface area contributed by atoms with Gasteiger partial charge in [0.15, 0.2) is 0 Å². The van der Waals surface area contributed by atoms with Gasteiger partial charge in [0, 0.05) is 17.1 Å². The normalized spacial score (nSPS) is 10.3. The van der Waals surface area contributed by atoms with Crippen molar-refractivity contribution in [2.45, 2.75) is 26.8 Å². The maximum Gasteiger partial charge on any atom is 0.218 e. The number of aromatic nitrogens is 3. The van der Waals surface area contributed by atoms with Crippen molar-refractivity contribution in [3.05, 3.63) is 28.5 Å². The van der Waals surface area contributed by atoms with Gasteiger partial charge in [0.25, 0.3) is 0 Å². The fourth-order valence-corrected chi connectivity index (χ4v) is 2.12. The van der Waals surface area contributed by atoms with Gasteiger partial charge in [-0.3, -0.25) is 0 Å². The van der Waals surface area contributed by atoms with Crippen LogP contribution in [0.4, 0.5) is 5.82 Å². The summed E-state index contributed by atoms with van der Waals surface area (Å²) in [4.78, 5) is 13.6. The van der Waals surface area contributed by atoms with Crippen LogP contribution in [0.15, 0.2) is 18.6 Å². The van der Waals surface area contributed by atoms with E-state index in [0.717, 1.165) is 23.8 Å². The lowest BCUT2D eigenvalue weighted by Gasteiger charge is -2.06. The summed E-state index contributed by atoms with van der Waals surface area (Å²) < 4.78 is 5.45. The molecule has 96 valence electrons. The molecule has 1 N–H and O–H groups in total. The Morgan fingerprint density at radius 1 is 1.33 bits per heavy atom. The molecule has 6 heteroatoms. The molecule has 0 saturated carbocycles. The van der Waals surface area contributed by atoms with Gasteiger partial charge in [-0.15, -0.1) is 11.3 Å². The Balaban J connectivity index is 1.92. The summed E-state index contributed by atoms with van der Waals surface area (Å²) in [6.07, 6.45) is 4.35. The molecule has 0 saturated heterocycles. The monoisotopic (exact) mass is 264 g/mol. The van der Waals surface area contributed by atoms with Crippen LogP contribution in [0.25, 0.3) is 0 Å². The number of nitrogens with one attached hydrogen (secondary N) is 1. The lowest BCUT2D eigenvalue weighted by molar-refractivity contribution is 0.305. The van der Waals surface area contributed by atoms with Gasteiger partial charge < -0.3 is 10.1 Å². The minimum atomic E-state index is 0.606. The number of anilines is 1. The molecule has 2 aromatic heterocycles. The molecule has 0 atom stereocenters. The van der Waals surface area contributed by atoms with Crippen LogP contribution in [0.2, 0.25) is 0 Å². The first kappa shape index (κ1) is 12.8. The molecule has 2 heterocycles. The van der Waals surface area contributed by atoms with Gasteiger partial charge in [-0.2, -0.15) is 0 Å². The van der Waals surface area contributed by atoms with Crippen LogP contribution in [-0.2, 0) is 6.54 Å². The van der Waals surface area contributed by atoms with Crippen molar-refractivity contribution < 1.29 is 4.74 Å². The molecular formula is C12H16N4OS. The number of ether oxygens (including phenoxy) is 1. The Kier molecular flexibility index (Phi) is 4.46. The first-order chi connectivity index (χ1) is 8.78. The number of rotatable bonds is 6. The third-order valence-electron chi connectivity index (χ3n) is 2.21. The van der Waals surface area contributed by atoms with Crippen molar-refractivity contribution in [3.8, 4) is 5.88 Å². The number of nitrogens with zero attached hydrogens (tertiary/aromatic N) is 3. The Morgan fingerprint density at radius 2 is 2.22 bits per heavy atom. The van der Waals surface area contributed by atoms with E-state index in [2.05, 4.69) is 27.2 Å². The smallest absolute Gasteiger partial charge is 0.218 e. The summed E-state index contributed by atoms with van der Waals surface area (Å²) in [5.74, 6) is 1.37. The Bertz CT molecular complexity index is 500. The van der Waals surface area contributed by atoms with E-state index in [4.69, 9.17) is 4.74 Å². The first-order valence-corrected chi connectivity index (χ1v) is 6.69. The van der Waals surface area contributed by atoms with E-state index in [1.807, 2.05) is 19.2 Å². The SMILES string of the molecule is CCCOc1cc(NCc2cnc(C)s2)ncn1. The lowest BCUT2D eigenvalue weighted by Crippen LogP contribution is -2.02. The van der Waals surface area contributed by atoms with Gasteiger partial charge in [0.05, 0.1) is 18.2 Å². The maximum atomic E-state index is 5.45. The average molecular weight is 264 g/mol. The van der Waals surface area contributed by atoms with E-state index in [1.165, 1.54) is 11.2 Å². The highest BCUT2D eigenvalue weighted by Gasteiger charge is 2.01. The minimum Gasteiger partial charge on any atom is -0.478 e. The second-order valence-corrected chi connectivity index (χ2v) is 5.11. The summed E-state index contributed by atoms with van der Waals surface area (Å²) in [5, 5.41) is 4.30. The zero-order valence-corrected chi connectivity index (χ0v) is 11.3. The second-order valence-electron chi connectivity index (χ2n) is 3.79. The van der Waals surface area contributed by atoms with Gasteiger partial charge in [-0.25, -0.2) is 15.0 Å². The highest BCUT2D eigenvalue weighted by atomic mass is 32.1. The van der Waals surface area contributed by atoms with E-state index >= 15 is 0 Å². The van der Waals surface area contributed by atoms with Crippen LogP contribution in [-0.4, -0.2) is 21.6 Å². The fourth-order valence-electron chi connectivity index (χ4n) is 1.39. The average Bonchev–Trinajstić information content (AvgIpc) is 2.80. The highest BCUT2D eigenvalue weighted by Crippen LogP contribution is 2.15. The molecule has 2 rings (SSSR count). The zero-order valence-electron chi connectivity index (χ0n) is 10.5. The Labute approximate surface area is 110 Å². The molecule has 0 aliphatic heterocycles. The fraction of sp³-hybridized carbons (Fsp3) is 0.417. The lowest BCUT2D eigenvalue weighted by atomic mass is 10.5. The number of hydrogen-bond acceptors (Lipinski definition) is 6. The Hall–Kier alpha value is -1.69. The third-order valence-corrected chi connectivity index (χ3v) is 3.12. The van der Waals surface area contributed by atoms with Crippen LogP contribution >= 0.6 is 11.3 Å². The van der Waals surface area contributed by atoms with Crippen LogP contribution in [0.3, 0.4) is 0 Å². The Morgan fingerprint density at radius 3 is 2.94 bits per heavy atom. The quantitative estimate of drug-likeness (QED) is 0.869. The molecule has 5 nitrogen and oxygen atoms in total. The van der Waals surface area contributed by atoms with Gasteiger partial charge in [0.1, 0.15) is 12.1 Å². The molecule has 0 unspecified atom stereocenters. The molecule has 0 aromatic carbocycles. The highest BCUT2D eigenvalue weighted by molar-refractivity contribution is 7.11. The molecule has 0 aliphatic carbocycles. The number of aryl methyl sites for hydroxylation is 1. The van der Waals surface area contributed by atoms with Crippen molar-refractivity contribution in [2.75, 3.05) is 11.9 Å². The topological polar surface area (TPSA) is 59.9 Å². The van der Waals surface area contributed by atoms with Crippen LogP contribution in [0, 0.1) is 6.92 Å². The molecule has 0 aliphatic rings. The van der Waals surface area contributed by atoms with E-state index in [1.54, 1.807) is 11.3 Å². The van der Waals surface area contributed by atoms with Crippen molar-refractivity contribution in [1.29, 1.82) is 0 Å². The largest absolute Gasteiger partial charge is 0.478 e. The van der Waals surface area contributed by atoms with Gasteiger partial charge >= 0.3 is 0 Å². The summed E-state index contributed by atoms with van der Waals surface area (Å²) in [5.41, 5.74) is 0. The molecule has 2 aromatic rings. The van der Waals surface area contributed by atoms with Crippen molar-refractivity contribution in [2.24, 2.45) is 0 Å². The van der Waals surface area contributed by atoms with E-state index in [-0.39, 0.29) is 0 Å². The van der Waals surface area contributed by atoms with E-state index < -0.39 is 0 Å². The molecular weight excluding hydrogens is 248 g/mol. The van der Waals surface area contributed by atoms with Gasteiger partial charge in [-0.05, 0) is 13.3 Å². The third kappa shape index (κ3) is 3.66. The van der Waals surface area contributed by atoms with Crippen LogP contribution < -0.4 is 10.1 Å². The summed E-state index contributed by atoms with van der Waals surface area (Å²) in [6.45, 7) is 5.45.